The molecule has 1 fully saturated rings. The molecule has 86 valence electrons. The lowest BCUT2D eigenvalue weighted by Gasteiger charge is -2.33. The zero-order valence-corrected chi connectivity index (χ0v) is 9.34. The zero-order chi connectivity index (χ0) is 11.5. The van der Waals surface area contributed by atoms with E-state index in [4.69, 9.17) is 11.6 Å². The van der Waals surface area contributed by atoms with E-state index in [0.717, 1.165) is 6.29 Å². The van der Waals surface area contributed by atoms with Crippen LogP contribution >= 0.6 is 11.6 Å². The molecule has 0 unspecified atom stereocenters. The van der Waals surface area contributed by atoms with Crippen molar-refractivity contribution in [1.82, 2.24) is 9.97 Å². The second-order valence-corrected chi connectivity index (χ2v) is 4.24. The van der Waals surface area contributed by atoms with Crippen molar-refractivity contribution in [3.63, 3.8) is 0 Å². The molecule has 2 atom stereocenters. The van der Waals surface area contributed by atoms with Gasteiger partial charge >= 0.3 is 0 Å². The fraction of sp³-hybridized carbons (Fsp3) is 0.500. The summed E-state index contributed by atoms with van der Waals surface area (Å²) in [5, 5.41) is 10.2. The topological polar surface area (TPSA) is 66.3 Å². The maximum absolute atomic E-state index is 10.6. The third kappa shape index (κ3) is 2.31. The van der Waals surface area contributed by atoms with Gasteiger partial charge in [0.25, 0.3) is 0 Å². The number of piperidine rings is 1. The molecule has 16 heavy (non-hydrogen) atoms. The first-order chi connectivity index (χ1) is 7.70. The van der Waals surface area contributed by atoms with Crippen molar-refractivity contribution in [2.24, 2.45) is 5.92 Å². The monoisotopic (exact) mass is 241 g/mol. The quantitative estimate of drug-likeness (QED) is 0.765. The number of nitrogens with zero attached hydrogens (tertiary/aromatic N) is 3. The van der Waals surface area contributed by atoms with Gasteiger partial charge in [-0.15, -0.1) is 0 Å². The molecule has 1 saturated heterocycles. The van der Waals surface area contributed by atoms with Gasteiger partial charge in [0.2, 0.25) is 5.95 Å². The van der Waals surface area contributed by atoms with Gasteiger partial charge in [0, 0.05) is 19.0 Å². The van der Waals surface area contributed by atoms with E-state index >= 15 is 0 Å². The molecule has 1 aromatic heterocycles. The molecule has 6 heteroatoms. The highest BCUT2D eigenvalue weighted by Gasteiger charge is 2.28. The normalized spacial score (nSPS) is 25.5. The fourth-order valence-electron chi connectivity index (χ4n) is 1.76. The Bertz CT molecular complexity index is 371. The van der Waals surface area contributed by atoms with Crippen LogP contribution < -0.4 is 4.90 Å². The van der Waals surface area contributed by atoms with E-state index in [1.165, 1.54) is 12.4 Å². The van der Waals surface area contributed by atoms with Crippen LogP contribution in [0, 0.1) is 5.92 Å². The molecule has 0 bridgehead atoms. The second-order valence-electron chi connectivity index (χ2n) is 3.80. The van der Waals surface area contributed by atoms with Crippen molar-refractivity contribution in [2.45, 2.75) is 12.5 Å². The Morgan fingerprint density at radius 1 is 1.50 bits per heavy atom. The highest BCUT2D eigenvalue weighted by atomic mass is 35.5. The van der Waals surface area contributed by atoms with Crippen molar-refractivity contribution >= 4 is 23.8 Å². The van der Waals surface area contributed by atoms with E-state index < -0.39 is 6.10 Å². The predicted molar refractivity (Wildman–Crippen MR) is 59.4 cm³/mol. The minimum Gasteiger partial charge on any atom is -0.391 e. The van der Waals surface area contributed by atoms with E-state index in [2.05, 4.69) is 9.97 Å². The first-order valence-corrected chi connectivity index (χ1v) is 5.44. The molecule has 0 aromatic carbocycles. The van der Waals surface area contributed by atoms with E-state index in [-0.39, 0.29) is 5.92 Å². The molecule has 0 radical (unpaired) electrons. The standard InChI is InChI=1S/C10H12ClN3O2/c11-8-3-12-10(13-4-8)14-2-1-7(6-15)9(16)5-14/h3-4,6-7,9,16H,1-2,5H2/t7-,9+/m1/s1. The Kier molecular flexibility index (Phi) is 3.36. The van der Waals surface area contributed by atoms with Crippen LogP contribution in [0.15, 0.2) is 12.4 Å². The number of β-amino-alcohol motifs (C(OH)–C–C–N with tert-alkyl or cyclic N) is 1. The van der Waals surface area contributed by atoms with Crippen molar-refractivity contribution in [3.8, 4) is 0 Å². The molecule has 2 heterocycles. The molecule has 1 aliphatic rings. The number of carbonyl (C=O) groups is 1. The van der Waals surface area contributed by atoms with Gasteiger partial charge in [-0.05, 0) is 6.42 Å². The number of rotatable bonds is 2. The van der Waals surface area contributed by atoms with E-state index in [0.29, 0.717) is 30.5 Å². The zero-order valence-electron chi connectivity index (χ0n) is 8.58. The molecule has 2 rings (SSSR count). The van der Waals surface area contributed by atoms with Crippen molar-refractivity contribution < 1.29 is 9.90 Å². The van der Waals surface area contributed by atoms with Gasteiger partial charge < -0.3 is 14.8 Å². The summed E-state index contributed by atoms with van der Waals surface area (Å²) in [6.07, 6.45) is 3.82. The van der Waals surface area contributed by atoms with Crippen molar-refractivity contribution in [1.29, 1.82) is 0 Å². The minimum atomic E-state index is -0.648. The SMILES string of the molecule is O=C[C@H]1CCN(c2ncc(Cl)cn2)C[C@@H]1O. The van der Waals surface area contributed by atoms with E-state index in [1.807, 2.05) is 4.90 Å². The smallest absolute Gasteiger partial charge is 0.225 e. The van der Waals surface area contributed by atoms with E-state index in [1.54, 1.807) is 0 Å². The minimum absolute atomic E-state index is 0.274. The van der Waals surface area contributed by atoms with Crippen LogP contribution in [-0.2, 0) is 4.79 Å². The van der Waals surface area contributed by atoms with E-state index in [9.17, 15) is 9.90 Å². The number of aromatic nitrogens is 2. The average molecular weight is 242 g/mol. The second kappa shape index (κ2) is 4.76. The Hall–Kier alpha value is -1.20. The maximum Gasteiger partial charge on any atom is 0.225 e. The highest BCUT2D eigenvalue weighted by molar-refractivity contribution is 6.30. The third-order valence-corrected chi connectivity index (χ3v) is 2.89. The van der Waals surface area contributed by atoms with Gasteiger partial charge in [-0.2, -0.15) is 0 Å². The van der Waals surface area contributed by atoms with Gasteiger partial charge in [0.05, 0.1) is 23.5 Å². The summed E-state index contributed by atoms with van der Waals surface area (Å²) in [6.45, 7) is 1.05. The summed E-state index contributed by atoms with van der Waals surface area (Å²) in [5.41, 5.74) is 0. The lowest BCUT2D eigenvalue weighted by atomic mass is 9.96. The molecule has 0 spiro atoms. The summed E-state index contributed by atoms with van der Waals surface area (Å²) < 4.78 is 0. The predicted octanol–water partition coefficient (Wildman–Crippen LogP) is 0.516. The summed E-state index contributed by atoms with van der Waals surface area (Å²) in [7, 11) is 0. The summed E-state index contributed by atoms with van der Waals surface area (Å²) in [6, 6.07) is 0. The molecule has 1 aromatic rings. The fourth-order valence-corrected chi connectivity index (χ4v) is 1.86. The number of halogens is 1. The molecule has 0 saturated carbocycles. The van der Waals surface area contributed by atoms with Crippen LogP contribution in [0.4, 0.5) is 5.95 Å². The Morgan fingerprint density at radius 2 is 2.19 bits per heavy atom. The number of anilines is 1. The lowest BCUT2D eigenvalue weighted by Crippen LogP contribution is -2.45. The number of hydrogen-bond acceptors (Lipinski definition) is 5. The Labute approximate surface area is 98.1 Å². The molecule has 1 aliphatic heterocycles. The van der Waals surface area contributed by atoms with Gasteiger partial charge in [-0.1, -0.05) is 11.6 Å². The van der Waals surface area contributed by atoms with Gasteiger partial charge in [0.15, 0.2) is 0 Å². The lowest BCUT2D eigenvalue weighted by molar-refractivity contribution is -0.114. The number of aldehydes is 1. The van der Waals surface area contributed by atoms with Crippen LogP contribution in [0.3, 0.4) is 0 Å². The first kappa shape index (κ1) is 11.3. The molecule has 5 nitrogen and oxygen atoms in total. The van der Waals surface area contributed by atoms with Crippen LogP contribution in [-0.4, -0.2) is 40.6 Å². The van der Waals surface area contributed by atoms with Crippen molar-refractivity contribution in [3.05, 3.63) is 17.4 Å². The largest absolute Gasteiger partial charge is 0.391 e. The Balaban J connectivity index is 2.07. The van der Waals surface area contributed by atoms with Crippen LogP contribution in [0.2, 0.25) is 5.02 Å². The van der Waals surface area contributed by atoms with Crippen molar-refractivity contribution in [2.75, 3.05) is 18.0 Å². The Morgan fingerprint density at radius 3 is 2.75 bits per heavy atom. The van der Waals surface area contributed by atoms with Crippen LogP contribution in [0.1, 0.15) is 6.42 Å². The molecule has 1 N–H and O–H groups in total. The van der Waals surface area contributed by atoms with Gasteiger partial charge in [-0.25, -0.2) is 9.97 Å². The van der Waals surface area contributed by atoms with Gasteiger partial charge in [0.1, 0.15) is 6.29 Å². The number of aliphatic hydroxyl groups is 1. The summed E-state index contributed by atoms with van der Waals surface area (Å²) in [5.74, 6) is 0.261. The number of carbonyl (C=O) groups excluding carboxylic acids is 1. The first-order valence-electron chi connectivity index (χ1n) is 5.06. The number of hydrogen-bond donors (Lipinski definition) is 1. The third-order valence-electron chi connectivity index (χ3n) is 2.70. The summed E-state index contributed by atoms with van der Waals surface area (Å²) >= 11 is 5.69. The van der Waals surface area contributed by atoms with Crippen LogP contribution in [0.5, 0.6) is 0 Å². The maximum atomic E-state index is 10.6. The molecular formula is C10H12ClN3O2. The number of aliphatic hydroxyl groups excluding tert-OH is 1. The molecule has 0 aliphatic carbocycles. The van der Waals surface area contributed by atoms with Crippen LogP contribution in [0.25, 0.3) is 0 Å². The molecule has 0 amide bonds. The highest BCUT2D eigenvalue weighted by Crippen LogP contribution is 2.20. The average Bonchev–Trinajstić information content (AvgIpc) is 2.30. The summed E-state index contributed by atoms with van der Waals surface area (Å²) in [4.78, 5) is 20.6. The van der Waals surface area contributed by atoms with Gasteiger partial charge in [-0.3, -0.25) is 0 Å². The molecular weight excluding hydrogens is 230 g/mol.